The number of aromatic nitrogens is 3. The van der Waals surface area contributed by atoms with Crippen LogP contribution in [0.15, 0.2) is 9.90 Å². The summed E-state index contributed by atoms with van der Waals surface area (Å²) in [6.45, 7) is 2.90. The number of halogens is 2. The van der Waals surface area contributed by atoms with Crippen molar-refractivity contribution in [2.45, 2.75) is 51.2 Å². The molecule has 1 aliphatic carbocycles. The van der Waals surface area contributed by atoms with Crippen molar-refractivity contribution < 1.29 is 4.52 Å². The third-order valence-electron chi connectivity index (χ3n) is 3.76. The predicted octanol–water partition coefficient (Wildman–Crippen LogP) is 2.70. The molecule has 0 aromatic carbocycles. The molecule has 0 atom stereocenters. The Kier molecular flexibility index (Phi) is 7.21. The van der Waals surface area contributed by atoms with Gasteiger partial charge in [0, 0.05) is 11.1 Å². The molecule has 0 bridgehead atoms. The Bertz CT molecular complexity index is 583. The molecule has 0 saturated heterocycles. The standard InChI is InChI=1S/C13H19N5OS.2ClH/c1-9-8-20-12(16-9)13(4-2-3-5-13)15-7-10-17-11(6-14)19-18-10;;/h8,15H,2-7,14H2,1H3;2*1H. The van der Waals surface area contributed by atoms with E-state index in [1.165, 1.54) is 17.8 Å². The monoisotopic (exact) mass is 365 g/mol. The van der Waals surface area contributed by atoms with Gasteiger partial charge in [-0.05, 0) is 19.8 Å². The molecular weight excluding hydrogens is 345 g/mol. The van der Waals surface area contributed by atoms with Crippen LogP contribution in [-0.2, 0) is 18.6 Å². The van der Waals surface area contributed by atoms with E-state index in [4.69, 9.17) is 10.3 Å². The topological polar surface area (TPSA) is 89.9 Å². The first-order chi connectivity index (χ1) is 9.72. The molecule has 1 saturated carbocycles. The van der Waals surface area contributed by atoms with Crippen LogP contribution in [0.2, 0.25) is 0 Å². The molecule has 0 radical (unpaired) electrons. The molecule has 0 amide bonds. The molecule has 1 aliphatic rings. The summed E-state index contributed by atoms with van der Waals surface area (Å²) in [5.74, 6) is 1.14. The van der Waals surface area contributed by atoms with Crippen LogP contribution in [0, 0.1) is 6.92 Å². The molecular formula is C13H21Cl2N5OS. The summed E-state index contributed by atoms with van der Waals surface area (Å²) in [4.78, 5) is 8.91. The Morgan fingerprint density at radius 3 is 2.59 bits per heavy atom. The van der Waals surface area contributed by atoms with E-state index in [0.29, 0.717) is 18.3 Å². The van der Waals surface area contributed by atoms with E-state index in [0.717, 1.165) is 18.5 Å². The van der Waals surface area contributed by atoms with Gasteiger partial charge >= 0.3 is 0 Å². The SMILES string of the molecule is Cc1csc(C2(NCc3noc(CN)n3)CCCC2)n1.Cl.Cl. The van der Waals surface area contributed by atoms with Gasteiger partial charge in [0.05, 0.1) is 18.6 Å². The molecule has 0 spiro atoms. The van der Waals surface area contributed by atoms with Crippen LogP contribution >= 0.6 is 36.2 Å². The summed E-state index contributed by atoms with van der Waals surface area (Å²) in [7, 11) is 0. The molecule has 124 valence electrons. The molecule has 0 aliphatic heterocycles. The fourth-order valence-corrected chi connectivity index (χ4v) is 3.75. The van der Waals surface area contributed by atoms with Gasteiger partial charge in [-0.25, -0.2) is 4.98 Å². The van der Waals surface area contributed by atoms with Gasteiger partial charge in [0.25, 0.3) is 0 Å². The zero-order valence-corrected chi connectivity index (χ0v) is 14.8. The fraction of sp³-hybridized carbons (Fsp3) is 0.615. The smallest absolute Gasteiger partial charge is 0.240 e. The zero-order chi connectivity index (χ0) is 14.0. The van der Waals surface area contributed by atoms with E-state index in [1.807, 2.05) is 6.92 Å². The van der Waals surface area contributed by atoms with Crippen LogP contribution in [-0.4, -0.2) is 15.1 Å². The summed E-state index contributed by atoms with van der Waals surface area (Å²) in [6, 6.07) is 0. The van der Waals surface area contributed by atoms with E-state index in [2.05, 4.69) is 25.8 Å². The molecule has 2 heterocycles. The van der Waals surface area contributed by atoms with Gasteiger partial charge in [0.2, 0.25) is 5.89 Å². The number of nitrogens with two attached hydrogens (primary N) is 1. The molecule has 9 heteroatoms. The highest BCUT2D eigenvalue weighted by Gasteiger charge is 2.37. The highest BCUT2D eigenvalue weighted by atomic mass is 35.5. The lowest BCUT2D eigenvalue weighted by atomic mass is 9.98. The first-order valence-electron chi connectivity index (χ1n) is 6.91. The van der Waals surface area contributed by atoms with Crippen molar-refractivity contribution in [3.05, 3.63) is 27.8 Å². The second-order valence-corrected chi connectivity index (χ2v) is 6.10. The normalized spacial score (nSPS) is 16.1. The van der Waals surface area contributed by atoms with Crippen molar-refractivity contribution >= 4 is 36.2 Å². The Hall–Kier alpha value is -0.730. The lowest BCUT2D eigenvalue weighted by Gasteiger charge is -2.27. The summed E-state index contributed by atoms with van der Waals surface area (Å²) >= 11 is 1.73. The quantitative estimate of drug-likeness (QED) is 0.846. The van der Waals surface area contributed by atoms with Crippen LogP contribution in [0.1, 0.15) is 48.1 Å². The Labute approximate surface area is 146 Å². The number of thiazole rings is 1. The second-order valence-electron chi connectivity index (χ2n) is 5.25. The van der Waals surface area contributed by atoms with E-state index in [9.17, 15) is 0 Å². The van der Waals surface area contributed by atoms with Gasteiger partial charge < -0.3 is 10.3 Å². The highest BCUT2D eigenvalue weighted by Crippen LogP contribution is 2.40. The molecule has 2 aromatic heterocycles. The van der Waals surface area contributed by atoms with Crippen molar-refractivity contribution in [3.8, 4) is 0 Å². The lowest BCUT2D eigenvalue weighted by Crippen LogP contribution is -2.39. The number of rotatable bonds is 5. The van der Waals surface area contributed by atoms with E-state index in [-0.39, 0.29) is 36.9 Å². The minimum Gasteiger partial charge on any atom is -0.338 e. The molecule has 1 fully saturated rings. The Morgan fingerprint density at radius 1 is 1.32 bits per heavy atom. The van der Waals surface area contributed by atoms with Crippen LogP contribution in [0.3, 0.4) is 0 Å². The van der Waals surface area contributed by atoms with Gasteiger partial charge in [-0.15, -0.1) is 36.2 Å². The van der Waals surface area contributed by atoms with Crippen LogP contribution in [0.25, 0.3) is 0 Å². The molecule has 3 N–H and O–H groups in total. The largest absolute Gasteiger partial charge is 0.338 e. The van der Waals surface area contributed by atoms with E-state index >= 15 is 0 Å². The average Bonchev–Trinajstić information content (AvgIpc) is 3.17. The molecule has 2 aromatic rings. The second kappa shape index (κ2) is 8.21. The van der Waals surface area contributed by atoms with E-state index < -0.39 is 0 Å². The van der Waals surface area contributed by atoms with Crippen LogP contribution < -0.4 is 11.1 Å². The summed E-state index contributed by atoms with van der Waals surface area (Å²) in [5.41, 5.74) is 6.54. The van der Waals surface area contributed by atoms with Crippen molar-refractivity contribution in [2.75, 3.05) is 0 Å². The third-order valence-corrected chi connectivity index (χ3v) is 4.92. The summed E-state index contributed by atoms with van der Waals surface area (Å²) in [6.07, 6.45) is 4.68. The number of hydrogen-bond acceptors (Lipinski definition) is 7. The van der Waals surface area contributed by atoms with Gasteiger partial charge in [-0.1, -0.05) is 18.0 Å². The van der Waals surface area contributed by atoms with Gasteiger partial charge in [-0.2, -0.15) is 4.98 Å². The molecule has 6 nitrogen and oxygen atoms in total. The Balaban J connectivity index is 0.00000121. The first-order valence-corrected chi connectivity index (χ1v) is 7.79. The van der Waals surface area contributed by atoms with E-state index in [1.54, 1.807) is 11.3 Å². The number of nitrogens with one attached hydrogen (secondary N) is 1. The lowest BCUT2D eigenvalue weighted by molar-refractivity contribution is 0.325. The average molecular weight is 366 g/mol. The highest BCUT2D eigenvalue weighted by molar-refractivity contribution is 7.09. The molecule has 22 heavy (non-hydrogen) atoms. The predicted molar refractivity (Wildman–Crippen MR) is 90.5 cm³/mol. The minimum atomic E-state index is -0.0254. The third kappa shape index (κ3) is 3.97. The number of aryl methyl sites for hydroxylation is 1. The van der Waals surface area contributed by atoms with Crippen LogP contribution in [0.5, 0.6) is 0 Å². The van der Waals surface area contributed by atoms with Crippen molar-refractivity contribution in [1.29, 1.82) is 0 Å². The van der Waals surface area contributed by atoms with Crippen molar-refractivity contribution in [3.63, 3.8) is 0 Å². The molecule has 3 rings (SSSR count). The van der Waals surface area contributed by atoms with Crippen molar-refractivity contribution in [2.24, 2.45) is 5.73 Å². The van der Waals surface area contributed by atoms with Gasteiger partial charge in [0.1, 0.15) is 5.01 Å². The van der Waals surface area contributed by atoms with Crippen LogP contribution in [0.4, 0.5) is 0 Å². The maximum absolute atomic E-state index is 5.48. The van der Waals surface area contributed by atoms with Gasteiger partial charge in [-0.3, -0.25) is 5.32 Å². The number of hydrogen-bond donors (Lipinski definition) is 2. The number of nitrogens with zero attached hydrogens (tertiary/aromatic N) is 3. The maximum Gasteiger partial charge on any atom is 0.240 e. The fourth-order valence-electron chi connectivity index (χ4n) is 2.71. The Morgan fingerprint density at radius 2 is 2.05 bits per heavy atom. The first kappa shape index (κ1) is 19.3. The van der Waals surface area contributed by atoms with Gasteiger partial charge in [0.15, 0.2) is 5.82 Å². The van der Waals surface area contributed by atoms with Crippen molar-refractivity contribution in [1.82, 2.24) is 20.4 Å². The minimum absolute atomic E-state index is 0. The maximum atomic E-state index is 5.48. The summed E-state index contributed by atoms with van der Waals surface area (Å²) < 4.78 is 5.03. The zero-order valence-electron chi connectivity index (χ0n) is 12.4. The molecule has 0 unspecified atom stereocenters. The summed E-state index contributed by atoms with van der Waals surface area (Å²) in [5, 5.41) is 10.8.